The zero-order valence-electron chi connectivity index (χ0n) is 18.2. The molecule has 6 nitrogen and oxygen atoms in total. The summed E-state index contributed by atoms with van der Waals surface area (Å²) in [5.41, 5.74) is 1.92. The number of para-hydroxylation sites is 1. The lowest BCUT2D eigenvalue weighted by Gasteiger charge is -2.40. The maximum atomic E-state index is 12.3. The lowest BCUT2D eigenvalue weighted by atomic mass is 9.65. The lowest BCUT2D eigenvalue weighted by molar-refractivity contribution is 0.0999. The number of hydrogen-bond acceptors (Lipinski definition) is 5. The zero-order valence-corrected chi connectivity index (χ0v) is 19.0. The van der Waals surface area contributed by atoms with Gasteiger partial charge >= 0.3 is 5.91 Å². The number of aromatic hydroxyl groups is 1. The van der Waals surface area contributed by atoms with Gasteiger partial charge in [-0.2, -0.15) is 0 Å². The number of carbonyl (C=O) groups is 1. The molecule has 2 fully saturated rings. The molecule has 162 valence electrons. The number of aromatic nitrogens is 1. The highest BCUT2D eigenvalue weighted by Crippen LogP contribution is 2.53. The minimum absolute atomic E-state index is 0.0646. The molecule has 5 rings (SSSR count). The minimum Gasteiger partial charge on any atom is -0.493 e. The summed E-state index contributed by atoms with van der Waals surface area (Å²) >= 11 is 1.33. The van der Waals surface area contributed by atoms with Crippen molar-refractivity contribution in [3.8, 4) is 5.88 Å². The summed E-state index contributed by atoms with van der Waals surface area (Å²) < 4.78 is 1.91. The molecule has 7 heteroatoms. The molecule has 1 amide bonds. The van der Waals surface area contributed by atoms with Crippen LogP contribution in [0.15, 0.2) is 52.0 Å². The minimum atomic E-state index is -0.394. The molecule has 1 aliphatic carbocycles. The Morgan fingerprint density at radius 3 is 2.77 bits per heavy atom. The Bertz CT molecular complexity index is 1160. The van der Waals surface area contributed by atoms with Crippen molar-refractivity contribution in [2.24, 2.45) is 21.1 Å². The Morgan fingerprint density at radius 1 is 1.19 bits per heavy atom. The van der Waals surface area contributed by atoms with Gasteiger partial charge in [0.1, 0.15) is 0 Å². The molecule has 0 spiro atoms. The van der Waals surface area contributed by atoms with Gasteiger partial charge in [0.05, 0.1) is 17.1 Å². The second-order valence-electron chi connectivity index (χ2n) is 10.2. The van der Waals surface area contributed by atoms with Gasteiger partial charge in [-0.25, -0.2) is 0 Å². The van der Waals surface area contributed by atoms with Crippen molar-refractivity contribution in [1.29, 1.82) is 0 Å². The number of azo groups is 1. The van der Waals surface area contributed by atoms with Gasteiger partial charge in [-0.05, 0) is 47.6 Å². The summed E-state index contributed by atoms with van der Waals surface area (Å²) in [4.78, 5) is 15.3. The molecular formula is C24H28N4O2S. The molecule has 0 unspecified atom stereocenters. The number of hydrogen-bond donors (Lipinski definition) is 1. The van der Waals surface area contributed by atoms with Gasteiger partial charge in [0, 0.05) is 18.0 Å². The van der Waals surface area contributed by atoms with Gasteiger partial charge in [-0.1, -0.05) is 45.0 Å². The number of carbonyl (C=O) groups excluding carboxylic acids is 1. The summed E-state index contributed by atoms with van der Waals surface area (Å²) in [6.45, 7) is 8.77. The third-order valence-electron chi connectivity index (χ3n) is 6.74. The molecule has 2 aromatic heterocycles. The predicted molar refractivity (Wildman–Crippen MR) is 123 cm³/mol. The Balaban J connectivity index is 1.48. The SMILES string of the molecule is CC1(C)C[C@H]2C[C@@](C)(CN2Cn2c(O)c(N=NC(=O)c3cccs3)c3ccccc32)C1. The van der Waals surface area contributed by atoms with E-state index >= 15 is 0 Å². The third kappa shape index (κ3) is 3.70. The number of benzene rings is 1. The number of thiophene rings is 1. The Hall–Kier alpha value is -2.51. The fourth-order valence-corrected chi connectivity index (χ4v) is 6.58. The topological polar surface area (TPSA) is 70.2 Å². The molecule has 0 radical (unpaired) electrons. The highest BCUT2D eigenvalue weighted by molar-refractivity contribution is 7.12. The van der Waals surface area contributed by atoms with E-state index in [0.717, 1.165) is 17.4 Å². The molecule has 3 heterocycles. The van der Waals surface area contributed by atoms with Gasteiger partial charge in [-0.15, -0.1) is 21.6 Å². The smallest absolute Gasteiger partial charge is 0.305 e. The molecular weight excluding hydrogens is 408 g/mol. The van der Waals surface area contributed by atoms with Crippen LogP contribution in [0.3, 0.4) is 0 Å². The van der Waals surface area contributed by atoms with E-state index in [1.165, 1.54) is 30.6 Å². The van der Waals surface area contributed by atoms with E-state index in [0.29, 0.717) is 34.1 Å². The second-order valence-corrected chi connectivity index (χ2v) is 11.1. The zero-order chi connectivity index (χ0) is 21.8. The molecule has 2 aliphatic rings. The highest BCUT2D eigenvalue weighted by atomic mass is 32.1. The van der Waals surface area contributed by atoms with Crippen LogP contribution in [0.2, 0.25) is 0 Å². The first-order valence-electron chi connectivity index (χ1n) is 10.8. The molecule has 1 saturated heterocycles. The molecule has 3 aromatic rings. The lowest BCUT2D eigenvalue weighted by Crippen LogP contribution is -2.35. The fraction of sp³-hybridized carbons (Fsp3) is 0.458. The van der Waals surface area contributed by atoms with Crippen LogP contribution in [-0.4, -0.2) is 33.1 Å². The number of fused-ring (bicyclic) bond motifs is 3. The summed E-state index contributed by atoms with van der Waals surface area (Å²) in [5.74, 6) is -0.329. The Morgan fingerprint density at radius 2 is 2.00 bits per heavy atom. The molecule has 31 heavy (non-hydrogen) atoms. The van der Waals surface area contributed by atoms with Crippen LogP contribution in [0.4, 0.5) is 5.69 Å². The van der Waals surface area contributed by atoms with Crippen LogP contribution in [0.1, 0.15) is 49.7 Å². The van der Waals surface area contributed by atoms with Crippen molar-refractivity contribution >= 4 is 33.8 Å². The van der Waals surface area contributed by atoms with Crippen LogP contribution in [-0.2, 0) is 6.67 Å². The van der Waals surface area contributed by atoms with Crippen LogP contribution >= 0.6 is 11.3 Å². The van der Waals surface area contributed by atoms with E-state index in [9.17, 15) is 9.90 Å². The van der Waals surface area contributed by atoms with Gasteiger partial charge in [0.15, 0.2) is 5.69 Å². The quantitative estimate of drug-likeness (QED) is 0.496. The van der Waals surface area contributed by atoms with E-state index in [1.54, 1.807) is 6.07 Å². The summed E-state index contributed by atoms with van der Waals surface area (Å²) in [6.07, 6.45) is 3.61. The van der Waals surface area contributed by atoms with E-state index in [4.69, 9.17) is 0 Å². The largest absolute Gasteiger partial charge is 0.493 e. The Labute approximate surface area is 186 Å². The Kier molecular flexibility index (Phi) is 4.79. The molecule has 1 N–H and O–H groups in total. The van der Waals surface area contributed by atoms with Crippen molar-refractivity contribution in [1.82, 2.24) is 9.47 Å². The van der Waals surface area contributed by atoms with Crippen molar-refractivity contribution < 1.29 is 9.90 Å². The first-order valence-corrected chi connectivity index (χ1v) is 11.7. The average Bonchev–Trinajstić information content (AvgIpc) is 3.37. The number of nitrogens with zero attached hydrogens (tertiary/aromatic N) is 4. The van der Waals surface area contributed by atoms with Crippen molar-refractivity contribution in [2.75, 3.05) is 6.54 Å². The molecule has 2 bridgehead atoms. The maximum absolute atomic E-state index is 12.3. The highest BCUT2D eigenvalue weighted by Gasteiger charge is 2.49. The van der Waals surface area contributed by atoms with Crippen LogP contribution < -0.4 is 0 Å². The first kappa shape index (κ1) is 20.4. The van der Waals surface area contributed by atoms with Crippen LogP contribution in [0.25, 0.3) is 10.9 Å². The van der Waals surface area contributed by atoms with E-state index in [-0.39, 0.29) is 5.88 Å². The van der Waals surface area contributed by atoms with Crippen molar-refractivity contribution in [3.05, 3.63) is 46.7 Å². The molecule has 1 aromatic carbocycles. The summed E-state index contributed by atoms with van der Waals surface area (Å²) in [7, 11) is 0. The predicted octanol–water partition coefficient (Wildman–Crippen LogP) is 6.19. The van der Waals surface area contributed by atoms with Crippen LogP contribution in [0.5, 0.6) is 5.88 Å². The fourth-order valence-electron chi connectivity index (χ4n) is 5.98. The van der Waals surface area contributed by atoms with Gasteiger partial charge in [0.25, 0.3) is 0 Å². The van der Waals surface area contributed by atoms with Gasteiger partial charge < -0.3 is 5.11 Å². The molecule has 1 saturated carbocycles. The summed E-state index contributed by atoms with van der Waals surface area (Å²) in [5, 5.41) is 21.8. The number of amides is 1. The van der Waals surface area contributed by atoms with E-state index < -0.39 is 5.91 Å². The summed E-state index contributed by atoms with van der Waals surface area (Å²) in [6, 6.07) is 11.8. The van der Waals surface area contributed by atoms with Crippen molar-refractivity contribution in [3.63, 3.8) is 0 Å². The third-order valence-corrected chi connectivity index (χ3v) is 7.59. The number of likely N-dealkylation sites (tertiary alicyclic amines) is 1. The average molecular weight is 437 g/mol. The number of rotatable bonds is 4. The van der Waals surface area contributed by atoms with Gasteiger partial charge in [-0.3, -0.25) is 14.3 Å². The van der Waals surface area contributed by atoms with E-state index in [2.05, 4.69) is 35.9 Å². The van der Waals surface area contributed by atoms with E-state index in [1.807, 2.05) is 40.3 Å². The standard InChI is InChI=1S/C24H28N4O2S/c1-23(2)11-16-12-24(3,13-23)14-27(16)15-28-18-8-5-4-7-17(18)20(22(28)30)25-26-21(29)19-9-6-10-31-19/h4-10,16,30H,11-15H2,1-3H3/t16-,24+/m0/s1. The van der Waals surface area contributed by atoms with Crippen LogP contribution in [0, 0.1) is 10.8 Å². The molecule has 2 atom stereocenters. The maximum Gasteiger partial charge on any atom is 0.305 e. The molecule has 1 aliphatic heterocycles. The first-order chi connectivity index (χ1) is 14.7. The van der Waals surface area contributed by atoms with Crippen molar-refractivity contribution in [2.45, 2.75) is 52.7 Å². The monoisotopic (exact) mass is 436 g/mol. The van der Waals surface area contributed by atoms with Gasteiger partial charge in [0.2, 0.25) is 5.88 Å². The normalized spacial score (nSPS) is 25.6. The second kappa shape index (κ2) is 7.28.